The molecule has 2 N–H and O–H groups in total. The van der Waals surface area contributed by atoms with Gasteiger partial charge in [0.1, 0.15) is 5.75 Å². The van der Waals surface area contributed by atoms with Crippen LogP contribution in [-0.2, 0) is 6.54 Å². The van der Waals surface area contributed by atoms with Crippen LogP contribution in [0.15, 0.2) is 18.2 Å². The minimum Gasteiger partial charge on any atom is -0.496 e. The molecule has 1 heterocycles. The smallest absolute Gasteiger partial charge is 0.125 e. The fourth-order valence-corrected chi connectivity index (χ4v) is 3.28. The van der Waals surface area contributed by atoms with Gasteiger partial charge in [-0.3, -0.25) is 4.90 Å². The minimum absolute atomic E-state index is 0.585. The summed E-state index contributed by atoms with van der Waals surface area (Å²) >= 11 is 0. The van der Waals surface area contributed by atoms with E-state index in [1.54, 1.807) is 7.11 Å². The van der Waals surface area contributed by atoms with Crippen LogP contribution in [0.4, 0.5) is 5.69 Å². The number of likely N-dealkylation sites (tertiary alicyclic amines) is 1. The van der Waals surface area contributed by atoms with Crippen LogP contribution in [0.5, 0.6) is 5.75 Å². The van der Waals surface area contributed by atoms with Crippen LogP contribution in [0, 0.1) is 5.41 Å². The summed E-state index contributed by atoms with van der Waals surface area (Å²) in [5.41, 5.74) is 8.40. The number of hydrogen-bond donors (Lipinski definition) is 1. The first-order chi connectivity index (χ1) is 9.62. The first-order valence-electron chi connectivity index (χ1n) is 7.77. The lowest BCUT2D eigenvalue weighted by molar-refractivity contribution is 0.0903. The Balaban J connectivity index is 1.99. The molecule has 1 saturated heterocycles. The van der Waals surface area contributed by atoms with E-state index in [-0.39, 0.29) is 0 Å². The summed E-state index contributed by atoms with van der Waals surface area (Å²) in [5, 5.41) is 0. The third-order valence-electron chi connectivity index (χ3n) is 5.12. The van der Waals surface area contributed by atoms with Gasteiger partial charge in [0.25, 0.3) is 0 Å². The van der Waals surface area contributed by atoms with Gasteiger partial charge in [0.2, 0.25) is 0 Å². The number of nitrogens with two attached hydrogens (primary N) is 1. The Morgan fingerprint density at radius 2 is 1.85 bits per heavy atom. The zero-order chi connectivity index (χ0) is 14.6. The van der Waals surface area contributed by atoms with Gasteiger partial charge < -0.3 is 10.5 Å². The lowest BCUT2D eigenvalue weighted by atomic mass is 9.74. The molecule has 0 amide bonds. The van der Waals surface area contributed by atoms with Gasteiger partial charge in [-0.25, -0.2) is 0 Å². The van der Waals surface area contributed by atoms with E-state index in [4.69, 9.17) is 10.5 Å². The Kier molecular flexibility index (Phi) is 4.92. The molecular formula is C17H28N2O. The molecule has 0 spiro atoms. The number of methoxy groups -OCH3 is 1. The van der Waals surface area contributed by atoms with Crippen LogP contribution in [0.25, 0.3) is 0 Å². The third-order valence-corrected chi connectivity index (χ3v) is 5.12. The van der Waals surface area contributed by atoms with Crippen LogP contribution in [-0.4, -0.2) is 25.1 Å². The minimum atomic E-state index is 0.585. The molecule has 1 aromatic carbocycles. The zero-order valence-electron chi connectivity index (χ0n) is 13.1. The highest BCUT2D eigenvalue weighted by Gasteiger charge is 2.31. The second-order valence-corrected chi connectivity index (χ2v) is 6.05. The first-order valence-corrected chi connectivity index (χ1v) is 7.77. The Hall–Kier alpha value is -1.22. The van der Waals surface area contributed by atoms with Crippen molar-refractivity contribution in [3.8, 4) is 5.75 Å². The molecule has 1 fully saturated rings. The van der Waals surface area contributed by atoms with Crippen LogP contribution < -0.4 is 10.5 Å². The lowest BCUT2D eigenvalue weighted by Crippen LogP contribution is -2.39. The van der Waals surface area contributed by atoms with E-state index in [0.717, 1.165) is 18.0 Å². The van der Waals surface area contributed by atoms with Gasteiger partial charge in [0, 0.05) is 23.9 Å². The van der Waals surface area contributed by atoms with Gasteiger partial charge in [0.15, 0.2) is 0 Å². The predicted octanol–water partition coefficient (Wildman–Crippen LogP) is 3.68. The van der Waals surface area contributed by atoms with Crippen LogP contribution in [0.3, 0.4) is 0 Å². The number of ether oxygens (including phenoxy) is 1. The Bertz CT molecular complexity index is 431. The number of piperidine rings is 1. The van der Waals surface area contributed by atoms with Gasteiger partial charge >= 0.3 is 0 Å². The number of anilines is 1. The lowest BCUT2D eigenvalue weighted by Gasteiger charge is -2.41. The summed E-state index contributed by atoms with van der Waals surface area (Å²) in [7, 11) is 1.72. The van der Waals surface area contributed by atoms with Crippen LogP contribution >= 0.6 is 0 Å². The molecule has 3 nitrogen and oxygen atoms in total. The average molecular weight is 276 g/mol. The largest absolute Gasteiger partial charge is 0.496 e. The summed E-state index contributed by atoms with van der Waals surface area (Å²) in [6, 6.07) is 5.97. The van der Waals surface area contributed by atoms with Crippen molar-refractivity contribution in [2.45, 2.75) is 46.1 Å². The average Bonchev–Trinajstić information content (AvgIpc) is 2.50. The van der Waals surface area contributed by atoms with E-state index in [2.05, 4.69) is 24.8 Å². The standard InChI is InChI=1S/C17H28N2O/c1-4-17(5-2)8-10-19(11-9-17)13-14-6-7-15(18)12-16(14)20-3/h6-7,12H,4-5,8-11,13,18H2,1-3H3. The van der Waals surface area contributed by atoms with E-state index in [9.17, 15) is 0 Å². The topological polar surface area (TPSA) is 38.5 Å². The highest BCUT2D eigenvalue weighted by Crippen LogP contribution is 2.38. The Morgan fingerprint density at radius 1 is 1.20 bits per heavy atom. The molecule has 0 aromatic heterocycles. The second kappa shape index (κ2) is 6.49. The summed E-state index contributed by atoms with van der Waals surface area (Å²) in [4.78, 5) is 2.54. The van der Waals surface area contributed by atoms with Gasteiger partial charge in [-0.15, -0.1) is 0 Å². The van der Waals surface area contributed by atoms with Crippen molar-refractivity contribution >= 4 is 5.69 Å². The zero-order valence-corrected chi connectivity index (χ0v) is 13.1. The Labute approximate surface area is 123 Å². The molecule has 0 atom stereocenters. The first kappa shape index (κ1) is 15.2. The molecule has 1 aromatic rings. The fraction of sp³-hybridized carbons (Fsp3) is 0.647. The maximum atomic E-state index is 5.81. The third kappa shape index (κ3) is 3.26. The normalized spacial score (nSPS) is 18.9. The van der Waals surface area contributed by atoms with E-state index < -0.39 is 0 Å². The summed E-state index contributed by atoms with van der Waals surface area (Å²) in [6.07, 6.45) is 5.25. The molecule has 112 valence electrons. The van der Waals surface area contributed by atoms with Crippen molar-refractivity contribution in [1.29, 1.82) is 0 Å². The number of hydrogen-bond acceptors (Lipinski definition) is 3. The molecule has 0 saturated carbocycles. The van der Waals surface area contributed by atoms with E-state index in [1.165, 1.54) is 44.3 Å². The molecule has 20 heavy (non-hydrogen) atoms. The van der Waals surface area contributed by atoms with E-state index in [1.807, 2.05) is 12.1 Å². The van der Waals surface area contributed by atoms with E-state index >= 15 is 0 Å². The number of nitrogens with zero attached hydrogens (tertiary/aromatic N) is 1. The van der Waals surface area contributed by atoms with Crippen molar-refractivity contribution in [3.63, 3.8) is 0 Å². The molecule has 2 rings (SSSR count). The van der Waals surface area contributed by atoms with Crippen molar-refractivity contribution < 1.29 is 4.74 Å². The molecular weight excluding hydrogens is 248 g/mol. The van der Waals surface area contributed by atoms with Gasteiger partial charge in [-0.1, -0.05) is 32.8 Å². The molecule has 3 heteroatoms. The van der Waals surface area contributed by atoms with Gasteiger partial charge in [-0.05, 0) is 37.4 Å². The highest BCUT2D eigenvalue weighted by atomic mass is 16.5. The summed E-state index contributed by atoms with van der Waals surface area (Å²) in [6.45, 7) is 8.02. The second-order valence-electron chi connectivity index (χ2n) is 6.05. The van der Waals surface area contributed by atoms with Gasteiger partial charge in [-0.2, -0.15) is 0 Å². The summed E-state index contributed by atoms with van der Waals surface area (Å²) in [5.74, 6) is 0.910. The van der Waals surface area contributed by atoms with E-state index in [0.29, 0.717) is 5.41 Å². The fourth-order valence-electron chi connectivity index (χ4n) is 3.28. The SMILES string of the molecule is CCC1(CC)CCN(Cc2ccc(N)cc2OC)CC1. The Morgan fingerprint density at radius 3 is 2.40 bits per heavy atom. The molecule has 0 unspecified atom stereocenters. The van der Waals surface area contributed by atoms with Crippen molar-refractivity contribution in [2.75, 3.05) is 25.9 Å². The number of rotatable bonds is 5. The molecule has 0 aliphatic carbocycles. The highest BCUT2D eigenvalue weighted by molar-refractivity contribution is 5.48. The maximum Gasteiger partial charge on any atom is 0.125 e. The maximum absolute atomic E-state index is 5.81. The molecule has 1 aliphatic rings. The predicted molar refractivity (Wildman–Crippen MR) is 84.9 cm³/mol. The van der Waals surface area contributed by atoms with Crippen molar-refractivity contribution in [3.05, 3.63) is 23.8 Å². The van der Waals surface area contributed by atoms with Crippen LogP contribution in [0.2, 0.25) is 0 Å². The molecule has 0 bridgehead atoms. The number of benzene rings is 1. The van der Waals surface area contributed by atoms with Crippen molar-refractivity contribution in [1.82, 2.24) is 4.90 Å². The van der Waals surface area contributed by atoms with Crippen molar-refractivity contribution in [2.24, 2.45) is 5.41 Å². The number of nitrogen functional groups attached to an aromatic ring is 1. The van der Waals surface area contributed by atoms with Gasteiger partial charge in [0.05, 0.1) is 7.11 Å². The monoisotopic (exact) mass is 276 g/mol. The quantitative estimate of drug-likeness (QED) is 0.834. The summed E-state index contributed by atoms with van der Waals surface area (Å²) < 4.78 is 5.44. The molecule has 0 radical (unpaired) electrons. The molecule has 1 aliphatic heterocycles. The van der Waals surface area contributed by atoms with Crippen LogP contribution in [0.1, 0.15) is 45.1 Å².